The predicted molar refractivity (Wildman–Crippen MR) is 74.3 cm³/mol. The van der Waals surface area contributed by atoms with Crippen LogP contribution in [0.3, 0.4) is 0 Å². The van der Waals surface area contributed by atoms with Crippen molar-refractivity contribution in [3.05, 3.63) is 29.3 Å². The summed E-state index contributed by atoms with van der Waals surface area (Å²) in [7, 11) is 1.27. The van der Waals surface area contributed by atoms with Gasteiger partial charge in [0, 0.05) is 0 Å². The molecular formula is C15H14N2O4. The maximum atomic E-state index is 11.1. The molecule has 0 unspecified atom stereocenters. The number of carbonyl (C=O) groups is 1. The normalized spacial score (nSPS) is 8.95. The molecule has 0 amide bonds. The molecule has 0 N–H and O–H groups in total. The summed E-state index contributed by atoms with van der Waals surface area (Å²) in [4.78, 5) is 11.1. The van der Waals surface area contributed by atoms with Gasteiger partial charge in [-0.1, -0.05) is 6.07 Å². The van der Waals surface area contributed by atoms with E-state index in [1.807, 2.05) is 6.92 Å². The van der Waals surface area contributed by atoms with Gasteiger partial charge in [0.15, 0.2) is 18.1 Å². The molecule has 108 valence electrons. The van der Waals surface area contributed by atoms with Crippen LogP contribution in [0.5, 0.6) is 11.5 Å². The van der Waals surface area contributed by atoms with Crippen LogP contribution in [0.25, 0.3) is 6.08 Å². The van der Waals surface area contributed by atoms with Crippen LogP contribution in [0.15, 0.2) is 23.8 Å². The molecule has 0 atom stereocenters. The van der Waals surface area contributed by atoms with Crippen LogP contribution in [0.2, 0.25) is 0 Å². The van der Waals surface area contributed by atoms with E-state index in [4.69, 9.17) is 20.0 Å². The lowest BCUT2D eigenvalue weighted by Gasteiger charge is -2.11. The smallest absolute Gasteiger partial charge is 0.343 e. The number of carbonyl (C=O) groups excluding carboxylic acids is 1. The summed E-state index contributed by atoms with van der Waals surface area (Å²) >= 11 is 0. The van der Waals surface area contributed by atoms with Crippen molar-refractivity contribution in [2.24, 2.45) is 0 Å². The zero-order valence-corrected chi connectivity index (χ0v) is 11.8. The van der Waals surface area contributed by atoms with E-state index < -0.39 is 5.97 Å². The van der Waals surface area contributed by atoms with Gasteiger partial charge >= 0.3 is 5.97 Å². The number of allylic oxidation sites excluding steroid dienone is 1. The fourth-order valence-corrected chi connectivity index (χ4v) is 1.45. The molecule has 1 aromatic rings. The summed E-state index contributed by atoms with van der Waals surface area (Å²) in [6.45, 7) is 1.99. The number of esters is 1. The largest absolute Gasteiger partial charge is 0.490 e. The monoisotopic (exact) mass is 286 g/mol. The molecule has 0 aromatic heterocycles. The molecule has 0 heterocycles. The summed E-state index contributed by atoms with van der Waals surface area (Å²) in [5.74, 6) is 0.304. The lowest BCUT2D eigenvalue weighted by atomic mass is 10.1. The van der Waals surface area contributed by atoms with Gasteiger partial charge in [0.1, 0.15) is 17.7 Å². The highest BCUT2D eigenvalue weighted by Gasteiger charge is 2.09. The minimum absolute atomic E-state index is 0.0133. The Balaban J connectivity index is 3.02. The van der Waals surface area contributed by atoms with Gasteiger partial charge in [0.25, 0.3) is 0 Å². The Bertz CT molecular complexity index is 608. The number of benzene rings is 1. The van der Waals surface area contributed by atoms with E-state index in [0.29, 0.717) is 23.7 Å². The summed E-state index contributed by atoms with van der Waals surface area (Å²) in [5, 5.41) is 17.5. The maximum Gasteiger partial charge on any atom is 0.343 e. The molecule has 0 bridgehead atoms. The van der Waals surface area contributed by atoms with E-state index in [-0.39, 0.29) is 12.2 Å². The van der Waals surface area contributed by atoms with Crippen molar-refractivity contribution in [1.29, 1.82) is 10.5 Å². The highest BCUT2D eigenvalue weighted by molar-refractivity contribution is 5.71. The highest BCUT2D eigenvalue weighted by Crippen LogP contribution is 2.29. The van der Waals surface area contributed by atoms with E-state index in [1.54, 1.807) is 30.3 Å². The van der Waals surface area contributed by atoms with Crippen LogP contribution in [-0.2, 0) is 9.53 Å². The second-order valence-corrected chi connectivity index (χ2v) is 3.79. The summed E-state index contributed by atoms with van der Waals surface area (Å²) < 4.78 is 15.2. The molecule has 0 aliphatic carbocycles. The van der Waals surface area contributed by atoms with Crippen LogP contribution in [0.4, 0.5) is 0 Å². The van der Waals surface area contributed by atoms with Crippen LogP contribution in [0.1, 0.15) is 12.5 Å². The Morgan fingerprint density at radius 1 is 1.24 bits per heavy atom. The fraction of sp³-hybridized carbons (Fsp3) is 0.267. The lowest BCUT2D eigenvalue weighted by Crippen LogP contribution is -2.13. The minimum Gasteiger partial charge on any atom is -0.490 e. The summed E-state index contributed by atoms with van der Waals surface area (Å²) in [6, 6.07) is 8.45. The molecule has 0 spiro atoms. The SMILES string of the molecule is CCOc1cc(C=C(C#N)C#N)ccc1OCC(=O)OC. The van der Waals surface area contributed by atoms with Crippen molar-refractivity contribution < 1.29 is 19.0 Å². The van der Waals surface area contributed by atoms with Gasteiger partial charge in [0.05, 0.1) is 13.7 Å². The van der Waals surface area contributed by atoms with Gasteiger partial charge in [-0.05, 0) is 30.7 Å². The van der Waals surface area contributed by atoms with E-state index in [0.717, 1.165) is 0 Å². The van der Waals surface area contributed by atoms with Gasteiger partial charge in [-0.15, -0.1) is 0 Å². The molecule has 0 saturated heterocycles. The van der Waals surface area contributed by atoms with Gasteiger partial charge < -0.3 is 14.2 Å². The number of hydrogen-bond acceptors (Lipinski definition) is 6. The van der Waals surface area contributed by atoms with E-state index in [2.05, 4.69) is 4.74 Å². The number of rotatable bonds is 6. The quantitative estimate of drug-likeness (QED) is 0.587. The summed E-state index contributed by atoms with van der Waals surface area (Å²) in [6.07, 6.45) is 1.44. The lowest BCUT2D eigenvalue weighted by molar-refractivity contribution is -0.142. The molecule has 0 aliphatic heterocycles. The maximum absolute atomic E-state index is 11.1. The first-order chi connectivity index (χ1) is 10.1. The molecule has 1 rings (SSSR count). The van der Waals surface area contributed by atoms with E-state index in [9.17, 15) is 4.79 Å². The van der Waals surface area contributed by atoms with Gasteiger partial charge in [-0.2, -0.15) is 10.5 Å². The second kappa shape index (κ2) is 8.23. The highest BCUT2D eigenvalue weighted by atomic mass is 16.6. The molecule has 1 aromatic carbocycles. The van der Waals surface area contributed by atoms with Crippen LogP contribution in [-0.4, -0.2) is 26.3 Å². The topological polar surface area (TPSA) is 92.3 Å². The molecule has 6 heteroatoms. The van der Waals surface area contributed by atoms with Gasteiger partial charge in [0.2, 0.25) is 0 Å². The fourth-order valence-electron chi connectivity index (χ4n) is 1.45. The minimum atomic E-state index is -0.502. The third kappa shape index (κ3) is 4.88. The van der Waals surface area contributed by atoms with Crippen LogP contribution in [0, 0.1) is 22.7 Å². The number of nitriles is 2. The molecular weight excluding hydrogens is 272 g/mol. The third-order valence-corrected chi connectivity index (χ3v) is 2.39. The molecule has 0 fully saturated rings. The third-order valence-electron chi connectivity index (χ3n) is 2.39. The predicted octanol–water partition coefficient (Wildman–Crippen LogP) is 2.07. The van der Waals surface area contributed by atoms with E-state index >= 15 is 0 Å². The zero-order chi connectivity index (χ0) is 15.7. The van der Waals surface area contributed by atoms with Gasteiger partial charge in [-0.3, -0.25) is 0 Å². The number of methoxy groups -OCH3 is 1. The average Bonchev–Trinajstić information content (AvgIpc) is 2.51. The Kier molecular flexibility index (Phi) is 6.30. The van der Waals surface area contributed by atoms with Crippen molar-refractivity contribution in [1.82, 2.24) is 0 Å². The van der Waals surface area contributed by atoms with Crippen molar-refractivity contribution in [3.63, 3.8) is 0 Å². The molecule has 0 saturated carbocycles. The Morgan fingerprint density at radius 2 is 1.95 bits per heavy atom. The average molecular weight is 286 g/mol. The van der Waals surface area contributed by atoms with Crippen molar-refractivity contribution in [3.8, 4) is 23.6 Å². The molecule has 6 nitrogen and oxygen atoms in total. The standard InChI is InChI=1S/C15H14N2O4/c1-3-20-14-7-11(6-12(8-16)9-17)4-5-13(14)21-10-15(18)19-2/h4-7H,3,10H2,1-2H3. The Labute approximate surface area is 122 Å². The number of nitrogens with zero attached hydrogens (tertiary/aromatic N) is 2. The Morgan fingerprint density at radius 3 is 2.52 bits per heavy atom. The second-order valence-electron chi connectivity index (χ2n) is 3.79. The first kappa shape index (κ1) is 16.1. The molecule has 21 heavy (non-hydrogen) atoms. The van der Waals surface area contributed by atoms with Gasteiger partial charge in [-0.25, -0.2) is 4.79 Å². The first-order valence-electron chi connectivity index (χ1n) is 6.13. The molecule has 0 aliphatic rings. The van der Waals surface area contributed by atoms with Crippen LogP contribution < -0.4 is 9.47 Å². The zero-order valence-electron chi connectivity index (χ0n) is 11.8. The number of hydrogen-bond donors (Lipinski definition) is 0. The van der Waals surface area contributed by atoms with Crippen molar-refractivity contribution >= 4 is 12.0 Å². The Hall–Kier alpha value is -2.99. The van der Waals surface area contributed by atoms with Crippen molar-refractivity contribution in [2.75, 3.05) is 20.3 Å². The molecule has 0 radical (unpaired) electrons. The van der Waals surface area contributed by atoms with E-state index in [1.165, 1.54) is 13.2 Å². The van der Waals surface area contributed by atoms with Crippen LogP contribution >= 0.6 is 0 Å². The number of ether oxygens (including phenoxy) is 3. The first-order valence-corrected chi connectivity index (χ1v) is 6.13. The summed E-state index contributed by atoms with van der Waals surface area (Å²) in [5.41, 5.74) is 0.614. The van der Waals surface area contributed by atoms with Crippen molar-refractivity contribution in [2.45, 2.75) is 6.92 Å².